The van der Waals surface area contributed by atoms with Crippen LogP contribution in [0, 0.1) is 20.8 Å². The van der Waals surface area contributed by atoms with Gasteiger partial charge in [0.2, 0.25) is 0 Å². The van der Waals surface area contributed by atoms with Gasteiger partial charge in [0, 0.05) is 0 Å². The number of hydrogen-bond donors (Lipinski definition) is 2. The molecule has 2 aromatic rings. The average molecular weight is 349 g/mol. The summed E-state index contributed by atoms with van der Waals surface area (Å²) in [7, 11) is -3.75. The van der Waals surface area contributed by atoms with Gasteiger partial charge < -0.3 is 9.84 Å². The zero-order valence-electron chi connectivity index (χ0n) is 13.7. The third-order valence-corrected chi connectivity index (χ3v) is 5.02. The molecule has 0 aliphatic heterocycles. The van der Waals surface area contributed by atoms with E-state index in [-0.39, 0.29) is 4.90 Å². The van der Waals surface area contributed by atoms with Crippen LogP contribution in [0.25, 0.3) is 0 Å². The van der Waals surface area contributed by atoms with Gasteiger partial charge in [0.1, 0.15) is 5.75 Å². The van der Waals surface area contributed by atoms with Crippen LogP contribution >= 0.6 is 0 Å². The highest BCUT2D eigenvalue weighted by molar-refractivity contribution is 7.92. The van der Waals surface area contributed by atoms with E-state index in [0.29, 0.717) is 17.0 Å². The maximum atomic E-state index is 12.5. The van der Waals surface area contributed by atoms with E-state index in [1.54, 1.807) is 19.1 Å². The standard InChI is InChI=1S/C17H19NO5S/c1-11-5-4-6-15(13(11)3)18-24(21,22)14-7-8-16(12(2)9-14)23-10-17(19)20/h4-9,18H,10H2,1-3H3,(H,19,20). The molecule has 128 valence electrons. The minimum atomic E-state index is -3.75. The molecule has 2 aromatic carbocycles. The van der Waals surface area contributed by atoms with Gasteiger partial charge in [-0.1, -0.05) is 12.1 Å². The van der Waals surface area contributed by atoms with Crippen molar-refractivity contribution < 1.29 is 23.1 Å². The van der Waals surface area contributed by atoms with Crippen molar-refractivity contribution in [3.8, 4) is 5.75 Å². The maximum Gasteiger partial charge on any atom is 0.341 e. The molecule has 0 atom stereocenters. The second-order valence-corrected chi connectivity index (χ2v) is 7.15. The summed E-state index contributed by atoms with van der Waals surface area (Å²) < 4.78 is 32.8. The monoisotopic (exact) mass is 349 g/mol. The number of aryl methyl sites for hydroxylation is 2. The Labute approximate surface area is 141 Å². The highest BCUT2D eigenvalue weighted by Crippen LogP contribution is 2.25. The zero-order chi connectivity index (χ0) is 17.9. The summed E-state index contributed by atoms with van der Waals surface area (Å²) in [5.41, 5.74) is 2.92. The summed E-state index contributed by atoms with van der Waals surface area (Å²) in [4.78, 5) is 10.6. The van der Waals surface area contributed by atoms with Crippen LogP contribution in [0.1, 0.15) is 16.7 Å². The van der Waals surface area contributed by atoms with Crippen LogP contribution in [0.2, 0.25) is 0 Å². The van der Waals surface area contributed by atoms with E-state index in [4.69, 9.17) is 9.84 Å². The Morgan fingerprint density at radius 2 is 1.83 bits per heavy atom. The number of nitrogens with one attached hydrogen (secondary N) is 1. The molecule has 0 amide bonds. The fourth-order valence-corrected chi connectivity index (χ4v) is 3.36. The number of ether oxygens (including phenoxy) is 1. The van der Waals surface area contributed by atoms with Crippen LogP contribution in [0.4, 0.5) is 5.69 Å². The van der Waals surface area contributed by atoms with Crippen LogP contribution in [0.5, 0.6) is 5.75 Å². The number of aliphatic carboxylic acids is 1. The van der Waals surface area contributed by atoms with Crippen LogP contribution < -0.4 is 9.46 Å². The minimum Gasteiger partial charge on any atom is -0.482 e. The van der Waals surface area contributed by atoms with Gasteiger partial charge in [0.25, 0.3) is 10.0 Å². The van der Waals surface area contributed by atoms with Gasteiger partial charge in [-0.25, -0.2) is 13.2 Å². The Balaban J connectivity index is 2.28. The van der Waals surface area contributed by atoms with Crippen LogP contribution in [0.15, 0.2) is 41.3 Å². The molecule has 0 bridgehead atoms. The number of sulfonamides is 1. The molecule has 2 rings (SSSR count). The number of rotatable bonds is 6. The van der Waals surface area contributed by atoms with E-state index >= 15 is 0 Å². The van der Waals surface area contributed by atoms with Crippen LogP contribution in [-0.2, 0) is 14.8 Å². The van der Waals surface area contributed by atoms with Gasteiger partial charge in [0.15, 0.2) is 6.61 Å². The quantitative estimate of drug-likeness (QED) is 0.836. The second-order valence-electron chi connectivity index (χ2n) is 5.46. The number of carbonyl (C=O) groups is 1. The summed E-state index contributed by atoms with van der Waals surface area (Å²) in [6, 6.07) is 9.69. The van der Waals surface area contributed by atoms with E-state index in [9.17, 15) is 13.2 Å². The number of carboxylic acid groups (broad SMARTS) is 1. The van der Waals surface area contributed by atoms with E-state index in [1.807, 2.05) is 19.9 Å². The van der Waals surface area contributed by atoms with E-state index in [0.717, 1.165) is 11.1 Å². The fourth-order valence-electron chi connectivity index (χ4n) is 2.16. The third kappa shape index (κ3) is 4.05. The van der Waals surface area contributed by atoms with Crippen LogP contribution in [-0.4, -0.2) is 26.1 Å². The fraction of sp³-hybridized carbons (Fsp3) is 0.235. The Morgan fingerprint density at radius 3 is 2.46 bits per heavy atom. The Kier molecular flexibility index (Phi) is 5.14. The molecular weight excluding hydrogens is 330 g/mol. The Morgan fingerprint density at radius 1 is 1.12 bits per heavy atom. The molecule has 2 N–H and O–H groups in total. The number of hydrogen-bond acceptors (Lipinski definition) is 4. The predicted molar refractivity (Wildman–Crippen MR) is 91.0 cm³/mol. The van der Waals surface area contributed by atoms with Gasteiger partial charge >= 0.3 is 5.97 Å². The third-order valence-electron chi connectivity index (χ3n) is 3.66. The smallest absolute Gasteiger partial charge is 0.341 e. The molecular formula is C17H19NO5S. The molecule has 0 saturated carbocycles. The molecule has 0 aliphatic carbocycles. The summed E-state index contributed by atoms with van der Waals surface area (Å²) in [6.45, 7) is 4.94. The lowest BCUT2D eigenvalue weighted by atomic mass is 10.1. The van der Waals surface area contributed by atoms with Gasteiger partial charge in [-0.15, -0.1) is 0 Å². The first-order chi connectivity index (χ1) is 11.2. The van der Waals surface area contributed by atoms with Crippen molar-refractivity contribution in [2.24, 2.45) is 0 Å². The summed E-state index contributed by atoms with van der Waals surface area (Å²) in [5.74, 6) is -0.759. The van der Waals surface area contributed by atoms with Crippen molar-refractivity contribution in [1.82, 2.24) is 0 Å². The van der Waals surface area contributed by atoms with Crippen molar-refractivity contribution in [2.75, 3.05) is 11.3 Å². The van der Waals surface area contributed by atoms with Crippen LogP contribution in [0.3, 0.4) is 0 Å². The van der Waals surface area contributed by atoms with Crippen molar-refractivity contribution in [3.05, 3.63) is 53.1 Å². The first-order valence-electron chi connectivity index (χ1n) is 7.25. The average Bonchev–Trinajstić information content (AvgIpc) is 2.50. The first-order valence-corrected chi connectivity index (χ1v) is 8.73. The lowest BCUT2D eigenvalue weighted by Gasteiger charge is -2.13. The van der Waals surface area contributed by atoms with E-state index < -0.39 is 22.6 Å². The molecule has 0 saturated heterocycles. The zero-order valence-corrected chi connectivity index (χ0v) is 14.5. The highest BCUT2D eigenvalue weighted by Gasteiger charge is 2.17. The normalized spacial score (nSPS) is 11.1. The Hall–Kier alpha value is -2.54. The topological polar surface area (TPSA) is 92.7 Å². The summed E-state index contributed by atoms with van der Waals surface area (Å²) in [5, 5.41) is 8.63. The Bertz CT molecular complexity index is 875. The number of benzene rings is 2. The van der Waals surface area contributed by atoms with E-state index in [1.165, 1.54) is 18.2 Å². The van der Waals surface area contributed by atoms with Crippen molar-refractivity contribution in [3.63, 3.8) is 0 Å². The van der Waals surface area contributed by atoms with Gasteiger partial charge in [-0.3, -0.25) is 4.72 Å². The minimum absolute atomic E-state index is 0.0866. The molecule has 0 aromatic heterocycles. The van der Waals surface area contributed by atoms with Gasteiger partial charge in [0.05, 0.1) is 10.6 Å². The molecule has 0 spiro atoms. The summed E-state index contributed by atoms with van der Waals surface area (Å²) >= 11 is 0. The van der Waals surface area contributed by atoms with Crippen molar-refractivity contribution >= 4 is 21.7 Å². The SMILES string of the molecule is Cc1cc(S(=O)(=O)Nc2cccc(C)c2C)ccc1OCC(=O)O. The van der Waals surface area contributed by atoms with Gasteiger partial charge in [-0.05, 0) is 61.7 Å². The molecule has 0 unspecified atom stereocenters. The first kappa shape index (κ1) is 17.8. The van der Waals surface area contributed by atoms with Crippen molar-refractivity contribution in [2.45, 2.75) is 25.7 Å². The van der Waals surface area contributed by atoms with E-state index in [2.05, 4.69) is 4.72 Å². The summed E-state index contributed by atoms with van der Waals surface area (Å²) in [6.07, 6.45) is 0. The largest absolute Gasteiger partial charge is 0.482 e. The van der Waals surface area contributed by atoms with Gasteiger partial charge in [-0.2, -0.15) is 0 Å². The predicted octanol–water partition coefficient (Wildman–Crippen LogP) is 2.88. The molecule has 7 heteroatoms. The molecule has 24 heavy (non-hydrogen) atoms. The second kappa shape index (κ2) is 6.92. The molecule has 0 aliphatic rings. The lowest BCUT2D eigenvalue weighted by molar-refractivity contribution is -0.139. The molecule has 0 heterocycles. The maximum absolute atomic E-state index is 12.5. The molecule has 0 radical (unpaired) electrons. The number of carboxylic acids is 1. The molecule has 6 nitrogen and oxygen atoms in total. The van der Waals surface area contributed by atoms with Crippen molar-refractivity contribution in [1.29, 1.82) is 0 Å². The molecule has 0 fully saturated rings. The number of anilines is 1. The lowest BCUT2D eigenvalue weighted by Crippen LogP contribution is -2.15. The highest BCUT2D eigenvalue weighted by atomic mass is 32.2.